The molecule has 1 amide bonds. The summed E-state index contributed by atoms with van der Waals surface area (Å²) in [6.07, 6.45) is 6.59. The minimum Gasteiger partial charge on any atom is -0.496 e. The molecule has 0 aliphatic carbocycles. The highest BCUT2D eigenvalue weighted by Crippen LogP contribution is 2.38. The lowest BCUT2D eigenvalue weighted by Crippen LogP contribution is -2.28. The molecule has 4 heterocycles. The lowest BCUT2D eigenvalue weighted by Gasteiger charge is -2.22. The highest BCUT2D eigenvalue weighted by atomic mass is 32.1. The van der Waals surface area contributed by atoms with Crippen molar-refractivity contribution in [3.63, 3.8) is 0 Å². The molecular weight excluding hydrogens is 530 g/mol. The Balaban J connectivity index is 1.36. The van der Waals surface area contributed by atoms with E-state index in [0.29, 0.717) is 57.0 Å². The second-order valence-electron chi connectivity index (χ2n) is 9.10. The van der Waals surface area contributed by atoms with Gasteiger partial charge in [-0.3, -0.25) is 14.5 Å². The summed E-state index contributed by atoms with van der Waals surface area (Å²) in [6.45, 7) is 0.574. The lowest BCUT2D eigenvalue weighted by atomic mass is 10.1. The number of methoxy groups -OCH3 is 1. The van der Waals surface area contributed by atoms with E-state index in [1.54, 1.807) is 71.5 Å². The SMILES string of the molecule is COc1cc(-c2nc([C@@H]3CCCN3OC(=O)c3ccccc3)n3ccnc(N)c23)ccc1C(=O)Nc1nccs1. The number of fused-ring (bicyclic) bond motifs is 1. The van der Waals surface area contributed by atoms with Crippen molar-refractivity contribution in [1.29, 1.82) is 0 Å². The molecule has 1 aliphatic rings. The summed E-state index contributed by atoms with van der Waals surface area (Å²) in [5.74, 6) is 0.576. The van der Waals surface area contributed by atoms with Gasteiger partial charge in [0.1, 0.15) is 34.6 Å². The van der Waals surface area contributed by atoms with E-state index in [0.717, 1.165) is 12.8 Å². The summed E-state index contributed by atoms with van der Waals surface area (Å²) < 4.78 is 7.46. The molecule has 12 heteroatoms. The largest absolute Gasteiger partial charge is 0.496 e. The zero-order valence-corrected chi connectivity index (χ0v) is 22.3. The van der Waals surface area contributed by atoms with E-state index in [1.807, 2.05) is 10.5 Å². The van der Waals surface area contributed by atoms with Gasteiger partial charge in [0.2, 0.25) is 0 Å². The molecule has 1 saturated heterocycles. The molecule has 202 valence electrons. The van der Waals surface area contributed by atoms with E-state index in [-0.39, 0.29) is 11.9 Å². The smallest absolute Gasteiger partial charge is 0.357 e. The molecule has 0 bridgehead atoms. The summed E-state index contributed by atoms with van der Waals surface area (Å²) in [5, 5.41) is 6.73. The first kappa shape index (κ1) is 25.5. The molecular formula is C28H25N7O4S. The number of hydrogen-bond acceptors (Lipinski definition) is 10. The van der Waals surface area contributed by atoms with E-state index >= 15 is 0 Å². The fourth-order valence-electron chi connectivity index (χ4n) is 4.84. The number of hydroxylamine groups is 2. The third-order valence-corrected chi connectivity index (χ3v) is 7.38. The van der Waals surface area contributed by atoms with Crippen LogP contribution < -0.4 is 15.8 Å². The average Bonchev–Trinajstić information content (AvgIpc) is 3.74. The van der Waals surface area contributed by atoms with Crippen LogP contribution in [0.25, 0.3) is 16.8 Å². The Bertz CT molecular complexity index is 1690. The van der Waals surface area contributed by atoms with Gasteiger partial charge in [0.15, 0.2) is 5.13 Å². The first-order chi connectivity index (χ1) is 19.5. The molecule has 5 aromatic rings. The molecule has 3 N–H and O–H groups in total. The number of nitrogens with one attached hydrogen (secondary N) is 1. The predicted octanol–water partition coefficient (Wildman–Crippen LogP) is 4.60. The number of hydrogen-bond donors (Lipinski definition) is 2. The predicted molar refractivity (Wildman–Crippen MR) is 150 cm³/mol. The number of nitrogens with two attached hydrogens (primary N) is 1. The van der Waals surface area contributed by atoms with Gasteiger partial charge in [-0.05, 0) is 37.1 Å². The highest BCUT2D eigenvalue weighted by molar-refractivity contribution is 7.13. The third kappa shape index (κ3) is 4.74. The molecule has 3 aromatic heterocycles. The minimum absolute atomic E-state index is 0.291. The van der Waals surface area contributed by atoms with Gasteiger partial charge in [0.05, 0.1) is 18.2 Å². The standard InChI is InChI=1S/C28H25N7O4S/c1-38-21-16-18(9-10-19(21)26(36)33-28-31-12-15-40-28)22-23-24(29)30-11-14-34(23)25(32-22)20-8-5-13-35(20)39-27(37)17-6-3-2-4-7-17/h2-4,6-7,9-12,14-16,20H,5,8,13H2,1H3,(H2,29,30)(H,31,33,36)/t20-/m0/s1. The van der Waals surface area contributed by atoms with Crippen LogP contribution in [0.1, 0.15) is 45.4 Å². The number of rotatable bonds is 7. The second kappa shape index (κ2) is 10.8. The van der Waals surface area contributed by atoms with E-state index < -0.39 is 5.97 Å². The molecule has 11 nitrogen and oxygen atoms in total. The van der Waals surface area contributed by atoms with E-state index in [2.05, 4.69) is 15.3 Å². The van der Waals surface area contributed by atoms with Gasteiger partial charge in [0.25, 0.3) is 5.91 Å². The molecule has 1 fully saturated rings. The molecule has 1 aliphatic heterocycles. The maximum absolute atomic E-state index is 12.9. The van der Waals surface area contributed by atoms with Gasteiger partial charge in [-0.15, -0.1) is 16.4 Å². The number of nitrogen functional groups attached to an aromatic ring is 1. The summed E-state index contributed by atoms with van der Waals surface area (Å²) in [4.78, 5) is 44.9. The van der Waals surface area contributed by atoms with Crippen molar-refractivity contribution in [2.75, 3.05) is 24.7 Å². The van der Waals surface area contributed by atoms with Crippen LogP contribution in [0.3, 0.4) is 0 Å². The number of aromatic nitrogens is 4. The number of imidazole rings is 1. The van der Waals surface area contributed by atoms with Gasteiger partial charge in [0, 0.05) is 36.1 Å². The summed E-state index contributed by atoms with van der Waals surface area (Å²) >= 11 is 1.33. The van der Waals surface area contributed by atoms with Crippen LogP contribution in [-0.4, -0.2) is 49.9 Å². The van der Waals surface area contributed by atoms with Crippen LogP contribution in [0.4, 0.5) is 10.9 Å². The van der Waals surface area contributed by atoms with Gasteiger partial charge in [-0.25, -0.2) is 19.7 Å². The number of carbonyl (C=O) groups is 2. The van der Waals surface area contributed by atoms with E-state index in [4.69, 9.17) is 20.3 Å². The molecule has 0 radical (unpaired) electrons. The van der Waals surface area contributed by atoms with Crippen molar-refractivity contribution in [3.8, 4) is 17.0 Å². The van der Waals surface area contributed by atoms with Crippen molar-refractivity contribution in [2.45, 2.75) is 18.9 Å². The molecule has 0 saturated carbocycles. The first-order valence-electron chi connectivity index (χ1n) is 12.6. The number of anilines is 2. The third-order valence-electron chi connectivity index (χ3n) is 6.69. The Morgan fingerprint density at radius 3 is 2.75 bits per heavy atom. The number of thiazole rings is 1. The molecule has 6 rings (SSSR count). The van der Waals surface area contributed by atoms with Crippen molar-refractivity contribution in [3.05, 3.63) is 89.5 Å². The highest BCUT2D eigenvalue weighted by Gasteiger charge is 2.34. The maximum atomic E-state index is 12.9. The Morgan fingerprint density at radius 1 is 1.12 bits per heavy atom. The van der Waals surface area contributed by atoms with E-state index in [9.17, 15) is 9.59 Å². The fourth-order valence-corrected chi connectivity index (χ4v) is 5.36. The molecule has 0 spiro atoms. The van der Waals surface area contributed by atoms with Crippen LogP contribution >= 0.6 is 11.3 Å². The van der Waals surface area contributed by atoms with Crippen molar-refractivity contribution >= 4 is 39.7 Å². The maximum Gasteiger partial charge on any atom is 0.357 e. The lowest BCUT2D eigenvalue weighted by molar-refractivity contribution is -0.122. The Morgan fingerprint density at radius 2 is 1.98 bits per heavy atom. The fraction of sp³-hybridized carbons (Fsp3) is 0.179. The van der Waals surface area contributed by atoms with Crippen LogP contribution in [0, 0.1) is 0 Å². The van der Waals surface area contributed by atoms with Crippen molar-refractivity contribution < 1.29 is 19.2 Å². The van der Waals surface area contributed by atoms with Crippen LogP contribution in [0.5, 0.6) is 5.75 Å². The van der Waals surface area contributed by atoms with E-state index in [1.165, 1.54) is 18.4 Å². The van der Waals surface area contributed by atoms with Crippen LogP contribution in [0.15, 0.2) is 72.5 Å². The topological polar surface area (TPSA) is 137 Å². The normalized spacial score (nSPS) is 15.3. The Labute approximate surface area is 233 Å². The molecule has 2 aromatic carbocycles. The average molecular weight is 556 g/mol. The molecule has 0 unspecified atom stereocenters. The second-order valence-corrected chi connectivity index (χ2v) is 9.99. The summed E-state index contributed by atoms with van der Waals surface area (Å²) in [7, 11) is 1.50. The monoisotopic (exact) mass is 555 g/mol. The van der Waals surface area contributed by atoms with Gasteiger partial charge < -0.3 is 15.3 Å². The van der Waals surface area contributed by atoms with Crippen LogP contribution in [-0.2, 0) is 4.84 Å². The van der Waals surface area contributed by atoms with Gasteiger partial charge in [-0.1, -0.05) is 24.3 Å². The molecule has 40 heavy (non-hydrogen) atoms. The quantitative estimate of drug-likeness (QED) is 0.295. The number of carbonyl (C=O) groups excluding carboxylic acids is 2. The number of nitrogens with zero attached hydrogens (tertiary/aromatic N) is 5. The summed E-state index contributed by atoms with van der Waals surface area (Å²) in [5.41, 5.74) is 9.06. The van der Waals surface area contributed by atoms with Crippen LogP contribution in [0.2, 0.25) is 0 Å². The Kier molecular flexibility index (Phi) is 6.84. The van der Waals surface area contributed by atoms with Gasteiger partial charge >= 0.3 is 5.97 Å². The van der Waals surface area contributed by atoms with Crippen molar-refractivity contribution in [2.24, 2.45) is 0 Å². The zero-order valence-electron chi connectivity index (χ0n) is 21.5. The minimum atomic E-state index is -0.425. The molecule has 1 atom stereocenters. The number of benzene rings is 2. The Hall–Kier alpha value is -4.81. The number of ether oxygens (including phenoxy) is 1. The summed E-state index contributed by atoms with van der Waals surface area (Å²) in [6, 6.07) is 13.8. The van der Waals surface area contributed by atoms with Crippen molar-refractivity contribution in [1.82, 2.24) is 24.4 Å². The zero-order chi connectivity index (χ0) is 27.6. The first-order valence-corrected chi connectivity index (χ1v) is 13.5. The van der Waals surface area contributed by atoms with Gasteiger partial charge in [-0.2, -0.15) is 0 Å². The number of amides is 1.